The molecule has 0 amide bonds. The van der Waals surface area contributed by atoms with E-state index in [-0.39, 0.29) is 6.04 Å². The highest BCUT2D eigenvalue weighted by Crippen LogP contribution is 2.15. The first kappa shape index (κ1) is 13.8. The van der Waals surface area contributed by atoms with E-state index in [2.05, 4.69) is 39.0 Å². The zero-order valence-electron chi connectivity index (χ0n) is 11.1. The number of ether oxygens (including phenoxy) is 1. The smallest absolute Gasteiger partial charge is 0.120 e. The number of allylic oxidation sites excluding steroid dienone is 1. The van der Waals surface area contributed by atoms with Crippen molar-refractivity contribution in [1.29, 1.82) is 0 Å². The van der Waals surface area contributed by atoms with Gasteiger partial charge in [0.25, 0.3) is 0 Å². The van der Waals surface area contributed by atoms with Gasteiger partial charge in [-0.3, -0.25) is 0 Å². The Morgan fingerprint density at radius 2 is 2.18 bits per heavy atom. The van der Waals surface area contributed by atoms with Crippen LogP contribution in [0.1, 0.15) is 32.8 Å². The van der Waals surface area contributed by atoms with Crippen LogP contribution in [0.15, 0.2) is 35.9 Å². The first-order chi connectivity index (χ1) is 8.11. The van der Waals surface area contributed by atoms with Crippen LogP contribution in [0.25, 0.3) is 0 Å². The number of rotatable bonds is 6. The zero-order valence-corrected chi connectivity index (χ0v) is 11.1. The van der Waals surface area contributed by atoms with Gasteiger partial charge in [0, 0.05) is 6.04 Å². The molecular weight excluding hydrogens is 210 g/mol. The first-order valence-corrected chi connectivity index (χ1v) is 6.22. The molecule has 0 fully saturated rings. The Kier molecular flexibility index (Phi) is 5.78. The predicted octanol–water partition coefficient (Wildman–Crippen LogP) is 3.31. The molecule has 0 saturated carbocycles. The van der Waals surface area contributed by atoms with Crippen LogP contribution in [0.3, 0.4) is 0 Å². The van der Waals surface area contributed by atoms with Gasteiger partial charge >= 0.3 is 0 Å². The molecule has 1 atom stereocenters. The van der Waals surface area contributed by atoms with Gasteiger partial charge in [0.15, 0.2) is 0 Å². The molecule has 17 heavy (non-hydrogen) atoms. The van der Waals surface area contributed by atoms with Crippen molar-refractivity contribution in [2.24, 2.45) is 5.73 Å². The van der Waals surface area contributed by atoms with E-state index in [1.54, 1.807) is 0 Å². The quantitative estimate of drug-likeness (QED) is 0.765. The van der Waals surface area contributed by atoms with Crippen LogP contribution < -0.4 is 10.5 Å². The minimum absolute atomic E-state index is 0.239. The summed E-state index contributed by atoms with van der Waals surface area (Å²) < 4.78 is 5.66. The third-order valence-corrected chi connectivity index (χ3v) is 2.66. The molecule has 1 unspecified atom stereocenters. The second-order valence-electron chi connectivity index (χ2n) is 4.61. The van der Waals surface area contributed by atoms with Gasteiger partial charge in [0.05, 0.1) is 0 Å². The van der Waals surface area contributed by atoms with Gasteiger partial charge in [-0.2, -0.15) is 0 Å². The fraction of sp³-hybridized carbons (Fsp3) is 0.467. The maximum atomic E-state index is 5.94. The lowest BCUT2D eigenvalue weighted by Gasteiger charge is -2.10. The third-order valence-electron chi connectivity index (χ3n) is 2.66. The SMILES string of the molecule is CCC(N)Cc1cccc(OCC=C(C)C)c1. The average molecular weight is 233 g/mol. The summed E-state index contributed by atoms with van der Waals surface area (Å²) in [5.41, 5.74) is 8.46. The van der Waals surface area contributed by atoms with Crippen molar-refractivity contribution in [3.63, 3.8) is 0 Å². The van der Waals surface area contributed by atoms with E-state index in [1.807, 2.05) is 12.1 Å². The molecule has 1 rings (SSSR count). The highest BCUT2D eigenvalue weighted by molar-refractivity contribution is 5.29. The van der Waals surface area contributed by atoms with Gasteiger partial charge in [-0.25, -0.2) is 0 Å². The molecule has 0 aromatic heterocycles. The Morgan fingerprint density at radius 1 is 1.41 bits per heavy atom. The molecule has 0 radical (unpaired) electrons. The normalized spacial score (nSPS) is 12.0. The van der Waals surface area contributed by atoms with Gasteiger partial charge in [-0.05, 0) is 50.5 Å². The van der Waals surface area contributed by atoms with Crippen LogP contribution >= 0.6 is 0 Å². The van der Waals surface area contributed by atoms with Gasteiger partial charge in [0.1, 0.15) is 12.4 Å². The van der Waals surface area contributed by atoms with Crippen molar-refractivity contribution in [2.75, 3.05) is 6.61 Å². The van der Waals surface area contributed by atoms with E-state index in [9.17, 15) is 0 Å². The molecule has 0 aliphatic carbocycles. The molecule has 2 heteroatoms. The van der Waals surface area contributed by atoms with Gasteiger partial charge in [-0.1, -0.05) is 24.6 Å². The lowest BCUT2D eigenvalue weighted by Crippen LogP contribution is -2.21. The summed E-state index contributed by atoms with van der Waals surface area (Å²) in [7, 11) is 0. The summed E-state index contributed by atoms with van der Waals surface area (Å²) in [6.45, 7) is 6.88. The van der Waals surface area contributed by atoms with Crippen molar-refractivity contribution in [2.45, 2.75) is 39.7 Å². The second-order valence-corrected chi connectivity index (χ2v) is 4.61. The predicted molar refractivity (Wildman–Crippen MR) is 73.3 cm³/mol. The fourth-order valence-electron chi connectivity index (χ4n) is 1.51. The Balaban J connectivity index is 2.56. The van der Waals surface area contributed by atoms with Gasteiger partial charge in [0.2, 0.25) is 0 Å². The van der Waals surface area contributed by atoms with Crippen molar-refractivity contribution >= 4 is 0 Å². The highest BCUT2D eigenvalue weighted by atomic mass is 16.5. The van der Waals surface area contributed by atoms with Crippen LogP contribution in [0.4, 0.5) is 0 Å². The molecule has 2 nitrogen and oxygen atoms in total. The van der Waals surface area contributed by atoms with E-state index >= 15 is 0 Å². The molecule has 0 aliphatic heterocycles. The highest BCUT2D eigenvalue weighted by Gasteiger charge is 2.02. The molecule has 0 bridgehead atoms. The second kappa shape index (κ2) is 7.13. The van der Waals surface area contributed by atoms with E-state index in [0.29, 0.717) is 6.61 Å². The van der Waals surface area contributed by atoms with Crippen LogP contribution in [-0.2, 0) is 6.42 Å². The maximum absolute atomic E-state index is 5.94. The molecule has 0 aliphatic rings. The van der Waals surface area contributed by atoms with E-state index in [0.717, 1.165) is 18.6 Å². The molecule has 2 N–H and O–H groups in total. The Morgan fingerprint density at radius 3 is 2.82 bits per heavy atom. The standard InChI is InChI=1S/C15H23NO/c1-4-14(16)10-13-6-5-7-15(11-13)17-9-8-12(2)3/h5-8,11,14H,4,9-10,16H2,1-3H3. The molecule has 0 heterocycles. The van der Waals surface area contributed by atoms with Gasteiger partial charge in [-0.15, -0.1) is 0 Å². The third kappa shape index (κ3) is 5.55. The zero-order chi connectivity index (χ0) is 12.7. The summed E-state index contributed by atoms with van der Waals surface area (Å²) in [5.74, 6) is 0.920. The number of hydrogen-bond donors (Lipinski definition) is 1. The number of hydrogen-bond acceptors (Lipinski definition) is 2. The van der Waals surface area contributed by atoms with Crippen molar-refractivity contribution < 1.29 is 4.74 Å². The topological polar surface area (TPSA) is 35.2 Å². The van der Waals surface area contributed by atoms with Crippen molar-refractivity contribution in [3.8, 4) is 5.75 Å². The van der Waals surface area contributed by atoms with E-state index in [4.69, 9.17) is 10.5 Å². The van der Waals surface area contributed by atoms with E-state index < -0.39 is 0 Å². The summed E-state index contributed by atoms with van der Waals surface area (Å²) >= 11 is 0. The molecule has 0 spiro atoms. The summed E-state index contributed by atoms with van der Waals surface area (Å²) in [5, 5.41) is 0. The molecule has 94 valence electrons. The monoisotopic (exact) mass is 233 g/mol. The summed E-state index contributed by atoms with van der Waals surface area (Å²) in [6.07, 6.45) is 3.99. The minimum atomic E-state index is 0.239. The van der Waals surface area contributed by atoms with E-state index in [1.165, 1.54) is 11.1 Å². The average Bonchev–Trinajstić information content (AvgIpc) is 2.29. The lowest BCUT2D eigenvalue weighted by molar-refractivity contribution is 0.361. The van der Waals surface area contributed by atoms with Crippen molar-refractivity contribution in [3.05, 3.63) is 41.5 Å². The van der Waals surface area contributed by atoms with Gasteiger partial charge < -0.3 is 10.5 Å². The largest absolute Gasteiger partial charge is 0.490 e. The Hall–Kier alpha value is -1.28. The number of nitrogens with two attached hydrogens (primary N) is 1. The fourth-order valence-corrected chi connectivity index (χ4v) is 1.51. The first-order valence-electron chi connectivity index (χ1n) is 6.22. The Bertz CT molecular complexity index is 367. The van der Waals surface area contributed by atoms with Crippen LogP contribution in [0.5, 0.6) is 5.75 Å². The molecule has 0 saturated heterocycles. The van der Waals surface area contributed by atoms with Crippen LogP contribution in [0.2, 0.25) is 0 Å². The molecular formula is C15H23NO. The lowest BCUT2D eigenvalue weighted by atomic mass is 10.0. The maximum Gasteiger partial charge on any atom is 0.120 e. The summed E-state index contributed by atoms with van der Waals surface area (Å²) in [4.78, 5) is 0. The van der Waals surface area contributed by atoms with Crippen LogP contribution in [-0.4, -0.2) is 12.6 Å². The summed E-state index contributed by atoms with van der Waals surface area (Å²) in [6, 6.07) is 8.43. The van der Waals surface area contributed by atoms with Crippen molar-refractivity contribution in [1.82, 2.24) is 0 Å². The molecule has 1 aromatic carbocycles. The molecule has 1 aromatic rings. The Labute approximate surface area is 104 Å². The number of benzene rings is 1. The van der Waals surface area contributed by atoms with Crippen LogP contribution in [0, 0.1) is 0 Å². The minimum Gasteiger partial charge on any atom is -0.490 e.